The van der Waals surface area contributed by atoms with Gasteiger partial charge in [0.15, 0.2) is 5.16 Å². The van der Waals surface area contributed by atoms with Crippen LogP contribution in [-0.4, -0.2) is 62.6 Å². The highest BCUT2D eigenvalue weighted by Crippen LogP contribution is 2.27. The summed E-state index contributed by atoms with van der Waals surface area (Å²) in [7, 11) is 1.86. The van der Waals surface area contributed by atoms with Crippen molar-refractivity contribution < 1.29 is 14.5 Å². The Balaban J connectivity index is 1.55. The van der Waals surface area contributed by atoms with E-state index in [2.05, 4.69) is 20.4 Å². The van der Waals surface area contributed by atoms with E-state index in [1.165, 1.54) is 30.0 Å². The lowest BCUT2D eigenvalue weighted by Crippen LogP contribution is -2.36. The van der Waals surface area contributed by atoms with E-state index in [-0.39, 0.29) is 22.4 Å². The molecule has 0 saturated carbocycles. The summed E-state index contributed by atoms with van der Waals surface area (Å²) in [5, 5.41) is 22.5. The Labute approximate surface area is 170 Å². The molecule has 3 rings (SSSR count). The SMILES string of the molecule is Cn1c(CN2CCOCC2)nnc1SCC(=O)Nc1ccc(Cl)c([N+](=O)[O-])c1. The number of benzene rings is 1. The number of nitro benzene ring substituents is 1. The van der Waals surface area contributed by atoms with Crippen molar-refractivity contribution in [3.05, 3.63) is 39.2 Å². The number of nitro groups is 1. The number of carbonyl (C=O) groups excluding carboxylic acids is 1. The van der Waals surface area contributed by atoms with Crippen LogP contribution in [-0.2, 0) is 23.1 Å². The lowest BCUT2D eigenvalue weighted by atomic mass is 10.3. The Kier molecular flexibility index (Phi) is 6.83. The first-order valence-electron chi connectivity index (χ1n) is 8.49. The van der Waals surface area contributed by atoms with Crippen LogP contribution in [0.4, 0.5) is 11.4 Å². The molecule has 0 spiro atoms. The van der Waals surface area contributed by atoms with Gasteiger partial charge in [-0.15, -0.1) is 10.2 Å². The molecule has 150 valence electrons. The average Bonchev–Trinajstić information content (AvgIpc) is 3.02. The lowest BCUT2D eigenvalue weighted by molar-refractivity contribution is -0.384. The fourth-order valence-corrected chi connectivity index (χ4v) is 3.54. The minimum absolute atomic E-state index is 0.0178. The molecule has 12 heteroatoms. The zero-order valence-corrected chi connectivity index (χ0v) is 16.7. The van der Waals surface area contributed by atoms with Gasteiger partial charge in [-0.2, -0.15) is 0 Å². The molecular formula is C16H19ClN6O4S. The predicted molar refractivity (Wildman–Crippen MR) is 105 cm³/mol. The Hall–Kier alpha value is -2.21. The van der Waals surface area contributed by atoms with Gasteiger partial charge in [-0.05, 0) is 12.1 Å². The Bertz CT molecular complexity index is 871. The number of aromatic nitrogens is 3. The fourth-order valence-electron chi connectivity index (χ4n) is 2.63. The van der Waals surface area contributed by atoms with E-state index in [0.717, 1.165) is 18.9 Å². The van der Waals surface area contributed by atoms with Crippen LogP contribution in [0.1, 0.15) is 5.82 Å². The van der Waals surface area contributed by atoms with Gasteiger partial charge in [-0.25, -0.2) is 0 Å². The van der Waals surface area contributed by atoms with Crippen LogP contribution in [0.25, 0.3) is 0 Å². The van der Waals surface area contributed by atoms with Gasteiger partial charge in [0.2, 0.25) is 5.91 Å². The molecular weight excluding hydrogens is 408 g/mol. The molecule has 0 bridgehead atoms. The molecule has 0 radical (unpaired) electrons. The van der Waals surface area contributed by atoms with Gasteiger partial charge in [0.25, 0.3) is 5.69 Å². The van der Waals surface area contributed by atoms with Crippen LogP contribution in [0, 0.1) is 10.1 Å². The van der Waals surface area contributed by atoms with Gasteiger partial charge in [0.1, 0.15) is 10.8 Å². The van der Waals surface area contributed by atoms with Gasteiger partial charge < -0.3 is 14.6 Å². The largest absolute Gasteiger partial charge is 0.379 e. The molecule has 1 saturated heterocycles. The first kappa shape index (κ1) is 20.5. The van der Waals surface area contributed by atoms with Gasteiger partial charge in [0, 0.05) is 31.9 Å². The zero-order valence-electron chi connectivity index (χ0n) is 15.1. The highest BCUT2D eigenvalue weighted by molar-refractivity contribution is 7.99. The summed E-state index contributed by atoms with van der Waals surface area (Å²) in [4.78, 5) is 24.7. The van der Waals surface area contributed by atoms with Crippen molar-refractivity contribution in [2.45, 2.75) is 11.7 Å². The number of halogens is 1. The van der Waals surface area contributed by atoms with Crippen LogP contribution in [0.3, 0.4) is 0 Å². The Morgan fingerprint density at radius 1 is 1.39 bits per heavy atom. The number of carbonyl (C=O) groups is 1. The monoisotopic (exact) mass is 426 g/mol. The molecule has 28 heavy (non-hydrogen) atoms. The maximum atomic E-state index is 12.2. The first-order chi connectivity index (χ1) is 13.4. The molecule has 1 aromatic carbocycles. The summed E-state index contributed by atoms with van der Waals surface area (Å²) in [5.41, 5.74) is 0.0563. The first-order valence-corrected chi connectivity index (χ1v) is 9.85. The normalized spacial score (nSPS) is 14.8. The molecule has 10 nitrogen and oxygen atoms in total. The van der Waals surface area contributed by atoms with Crippen LogP contribution < -0.4 is 5.32 Å². The Morgan fingerprint density at radius 3 is 2.86 bits per heavy atom. The van der Waals surface area contributed by atoms with Crippen LogP contribution in [0.2, 0.25) is 5.02 Å². The number of nitrogens with zero attached hydrogens (tertiary/aromatic N) is 5. The fraction of sp³-hybridized carbons (Fsp3) is 0.438. The van der Waals surface area contributed by atoms with Crippen molar-refractivity contribution in [3.63, 3.8) is 0 Å². The summed E-state index contributed by atoms with van der Waals surface area (Å²) in [6.45, 7) is 3.80. The minimum atomic E-state index is -0.595. The number of rotatable bonds is 7. The second-order valence-corrected chi connectivity index (χ2v) is 7.46. The molecule has 0 unspecified atom stereocenters. The van der Waals surface area contributed by atoms with E-state index in [0.29, 0.717) is 30.6 Å². The van der Waals surface area contributed by atoms with E-state index >= 15 is 0 Å². The minimum Gasteiger partial charge on any atom is -0.379 e. The number of hydrogen-bond donors (Lipinski definition) is 1. The molecule has 0 aliphatic carbocycles. The number of morpholine rings is 1. The number of amides is 1. The van der Waals surface area contributed by atoms with E-state index in [1.54, 1.807) is 0 Å². The van der Waals surface area contributed by atoms with Gasteiger partial charge in [0.05, 0.1) is 30.4 Å². The molecule has 1 aromatic heterocycles. The van der Waals surface area contributed by atoms with Gasteiger partial charge in [-0.3, -0.25) is 19.8 Å². The van der Waals surface area contributed by atoms with E-state index in [4.69, 9.17) is 16.3 Å². The standard InChI is InChI=1S/C16H19ClN6O4S/c1-21-14(9-22-4-6-27-7-5-22)19-20-16(21)28-10-15(24)18-11-2-3-12(17)13(8-11)23(25)26/h2-3,8H,4-7,9-10H2,1H3,(H,18,24). The molecule has 2 heterocycles. The molecule has 0 atom stereocenters. The molecule has 1 aliphatic rings. The average molecular weight is 427 g/mol. The van der Waals surface area contributed by atoms with E-state index < -0.39 is 4.92 Å². The topological polar surface area (TPSA) is 115 Å². The maximum Gasteiger partial charge on any atom is 0.289 e. The third-order valence-corrected chi connectivity index (χ3v) is 5.49. The molecule has 1 amide bonds. The lowest BCUT2D eigenvalue weighted by Gasteiger charge is -2.25. The summed E-state index contributed by atoms with van der Waals surface area (Å²) in [6.07, 6.45) is 0. The summed E-state index contributed by atoms with van der Waals surface area (Å²) >= 11 is 7.02. The predicted octanol–water partition coefficient (Wildman–Crippen LogP) is 1.94. The maximum absolute atomic E-state index is 12.2. The summed E-state index contributed by atoms with van der Waals surface area (Å²) in [5.74, 6) is 0.609. The smallest absolute Gasteiger partial charge is 0.289 e. The van der Waals surface area contributed by atoms with Crippen molar-refractivity contribution in [1.29, 1.82) is 0 Å². The zero-order chi connectivity index (χ0) is 20.1. The number of hydrogen-bond acceptors (Lipinski definition) is 8. The molecule has 1 N–H and O–H groups in total. The highest BCUT2D eigenvalue weighted by Gasteiger charge is 2.17. The van der Waals surface area contributed by atoms with Crippen molar-refractivity contribution >= 4 is 40.6 Å². The van der Waals surface area contributed by atoms with Crippen LogP contribution >= 0.6 is 23.4 Å². The highest BCUT2D eigenvalue weighted by atomic mass is 35.5. The van der Waals surface area contributed by atoms with Gasteiger partial charge in [-0.1, -0.05) is 23.4 Å². The van der Waals surface area contributed by atoms with Crippen LogP contribution in [0.15, 0.2) is 23.4 Å². The van der Waals surface area contributed by atoms with E-state index in [1.807, 2.05) is 11.6 Å². The number of nitrogens with one attached hydrogen (secondary N) is 1. The second-order valence-electron chi connectivity index (χ2n) is 6.11. The quantitative estimate of drug-likeness (QED) is 0.405. The molecule has 1 aliphatic heterocycles. The molecule has 1 fully saturated rings. The van der Waals surface area contributed by atoms with Crippen molar-refractivity contribution in [2.75, 3.05) is 37.4 Å². The number of ether oxygens (including phenoxy) is 1. The van der Waals surface area contributed by atoms with Crippen molar-refractivity contribution in [2.24, 2.45) is 7.05 Å². The van der Waals surface area contributed by atoms with Crippen molar-refractivity contribution in [1.82, 2.24) is 19.7 Å². The van der Waals surface area contributed by atoms with Crippen LogP contribution in [0.5, 0.6) is 0 Å². The van der Waals surface area contributed by atoms with E-state index in [9.17, 15) is 14.9 Å². The number of anilines is 1. The second kappa shape index (κ2) is 9.32. The Morgan fingerprint density at radius 2 is 2.14 bits per heavy atom. The summed E-state index contributed by atoms with van der Waals surface area (Å²) < 4.78 is 7.20. The summed E-state index contributed by atoms with van der Waals surface area (Å²) in [6, 6.07) is 4.12. The van der Waals surface area contributed by atoms with Crippen molar-refractivity contribution in [3.8, 4) is 0 Å². The third-order valence-electron chi connectivity index (χ3n) is 4.15. The number of thioether (sulfide) groups is 1. The molecule has 2 aromatic rings. The van der Waals surface area contributed by atoms with Gasteiger partial charge >= 0.3 is 0 Å². The third kappa shape index (κ3) is 5.19.